The quantitative estimate of drug-likeness (QED) is 0.301. The minimum atomic E-state index is -4.13. The summed E-state index contributed by atoms with van der Waals surface area (Å²) in [6.45, 7) is 5.44. The number of aliphatic hydroxyl groups excluding tert-OH is 1. The number of methoxy groups -OCH3 is 1. The number of sulfonamides is 2. The normalized spacial score (nSPS) is 20.4. The molecule has 15 heteroatoms. The van der Waals surface area contributed by atoms with Crippen LogP contribution in [0.1, 0.15) is 50.4 Å². The summed E-state index contributed by atoms with van der Waals surface area (Å²) in [6, 6.07) is 14.1. The number of likely N-dealkylation sites (N-methyl/N-ethyl adjacent to an activating group) is 1. The van der Waals surface area contributed by atoms with Crippen LogP contribution in [0.25, 0.3) is 0 Å². The second-order valence-electron chi connectivity index (χ2n) is 12.5. The third kappa shape index (κ3) is 9.72. The van der Waals surface area contributed by atoms with Gasteiger partial charge in [-0.25, -0.2) is 21.2 Å². The molecule has 1 aliphatic heterocycles. The Labute approximate surface area is 294 Å². The van der Waals surface area contributed by atoms with Gasteiger partial charge in [-0.15, -0.1) is 0 Å². The van der Waals surface area contributed by atoms with Crippen LogP contribution >= 0.6 is 0 Å². The van der Waals surface area contributed by atoms with Crippen molar-refractivity contribution in [2.75, 3.05) is 45.2 Å². The maximum Gasteiger partial charge on any atom is 0.261 e. The molecule has 0 aromatic heterocycles. The number of benzene rings is 3. The van der Waals surface area contributed by atoms with Gasteiger partial charge in [-0.1, -0.05) is 6.92 Å². The molecule has 3 aromatic rings. The van der Waals surface area contributed by atoms with Crippen molar-refractivity contribution in [2.24, 2.45) is 5.92 Å². The van der Waals surface area contributed by atoms with Gasteiger partial charge < -0.3 is 24.2 Å². The summed E-state index contributed by atoms with van der Waals surface area (Å²) in [7, 11) is -5.05. The lowest BCUT2D eigenvalue weighted by molar-refractivity contribution is -0.00834. The number of nitrogens with zero attached hydrogens (tertiary/aromatic N) is 2. The minimum Gasteiger partial charge on any atom is -0.497 e. The molecule has 0 saturated carbocycles. The second kappa shape index (κ2) is 17.0. The Hall–Kier alpha value is -3.76. The second-order valence-corrected chi connectivity index (χ2v) is 16.3. The number of carbonyl (C=O) groups is 1. The van der Waals surface area contributed by atoms with E-state index >= 15 is 0 Å². The van der Waals surface area contributed by atoms with Gasteiger partial charge >= 0.3 is 0 Å². The Morgan fingerprint density at radius 2 is 1.68 bits per heavy atom. The number of carbonyl (C=O) groups excluding carboxylic acids is 1. The molecule has 0 fully saturated rings. The first-order chi connectivity index (χ1) is 23.7. The highest BCUT2D eigenvalue weighted by molar-refractivity contribution is 7.92. The van der Waals surface area contributed by atoms with E-state index in [4.69, 9.17) is 14.2 Å². The Bertz CT molecular complexity index is 1810. The van der Waals surface area contributed by atoms with Gasteiger partial charge in [-0.3, -0.25) is 9.52 Å². The molecular weight excluding hydrogens is 690 g/mol. The molecular formula is C35H46FN3O9S2. The fourth-order valence-corrected chi connectivity index (χ4v) is 7.79. The van der Waals surface area contributed by atoms with E-state index in [1.54, 1.807) is 19.1 Å². The van der Waals surface area contributed by atoms with Crippen molar-refractivity contribution in [1.29, 1.82) is 0 Å². The molecule has 1 amide bonds. The standard InChI is InChI=1S/C35H46FN3O9S2/c1-24-21-39(25(2)23-40)35(41)32-20-28(37-49(42,43)30-14-9-27(36)10-15-30)11-18-33(32)48-26(3)8-6-7-19-47-34(24)22-38(4)50(44,45)31-16-12-29(46-5)13-17-31/h9-18,20,24-26,34,37,40H,6-8,19,21-23H2,1-5H3/t24-,25-,26+,34-/m0/s1. The van der Waals surface area contributed by atoms with Crippen molar-refractivity contribution >= 4 is 31.6 Å². The van der Waals surface area contributed by atoms with E-state index in [1.165, 1.54) is 53.7 Å². The van der Waals surface area contributed by atoms with E-state index in [-0.39, 0.29) is 52.6 Å². The van der Waals surface area contributed by atoms with Crippen LogP contribution in [-0.2, 0) is 24.8 Å². The summed E-state index contributed by atoms with van der Waals surface area (Å²) in [6.07, 6.45) is 1.09. The number of fused-ring (bicyclic) bond motifs is 1. The lowest BCUT2D eigenvalue weighted by atomic mass is 10.0. The Morgan fingerprint density at radius 1 is 1.02 bits per heavy atom. The van der Waals surface area contributed by atoms with E-state index < -0.39 is 49.8 Å². The molecule has 274 valence electrons. The van der Waals surface area contributed by atoms with Crippen LogP contribution in [0.5, 0.6) is 11.5 Å². The van der Waals surface area contributed by atoms with E-state index in [9.17, 15) is 31.1 Å². The maximum atomic E-state index is 14.4. The molecule has 12 nitrogen and oxygen atoms in total. The highest BCUT2D eigenvalue weighted by Gasteiger charge is 2.32. The predicted molar refractivity (Wildman–Crippen MR) is 187 cm³/mol. The van der Waals surface area contributed by atoms with Crippen molar-refractivity contribution < 1.29 is 45.3 Å². The molecule has 2 N–H and O–H groups in total. The summed E-state index contributed by atoms with van der Waals surface area (Å²) in [5.74, 6) is -0.759. The molecule has 3 aromatic carbocycles. The van der Waals surface area contributed by atoms with Gasteiger partial charge in [0.1, 0.15) is 17.3 Å². The van der Waals surface area contributed by atoms with Gasteiger partial charge in [0, 0.05) is 38.3 Å². The van der Waals surface area contributed by atoms with Crippen molar-refractivity contribution in [3.8, 4) is 11.5 Å². The number of amides is 1. The third-order valence-electron chi connectivity index (χ3n) is 8.63. The summed E-state index contributed by atoms with van der Waals surface area (Å²) >= 11 is 0. The van der Waals surface area contributed by atoms with Gasteiger partial charge in [0.15, 0.2) is 0 Å². The Balaban J connectivity index is 1.66. The largest absolute Gasteiger partial charge is 0.497 e. The van der Waals surface area contributed by atoms with Crippen molar-refractivity contribution in [3.05, 3.63) is 78.1 Å². The molecule has 1 aliphatic rings. The highest BCUT2D eigenvalue weighted by atomic mass is 32.2. The van der Waals surface area contributed by atoms with Crippen LogP contribution in [0.4, 0.5) is 10.1 Å². The number of ether oxygens (including phenoxy) is 3. The zero-order valence-corrected chi connectivity index (χ0v) is 30.5. The SMILES string of the molecule is COc1ccc(S(=O)(=O)N(C)C[C@@H]2OCCCC[C@@H](C)Oc3ccc(NS(=O)(=O)c4ccc(F)cc4)cc3C(=O)N([C@@H](C)CO)C[C@@H]2C)cc1. The molecule has 50 heavy (non-hydrogen) atoms. The molecule has 4 rings (SSSR count). The fraction of sp³-hybridized carbons (Fsp3) is 0.457. The predicted octanol–water partition coefficient (Wildman–Crippen LogP) is 4.75. The van der Waals surface area contributed by atoms with Crippen LogP contribution in [0.15, 0.2) is 76.5 Å². The number of aliphatic hydroxyl groups is 1. The summed E-state index contributed by atoms with van der Waals surface area (Å²) in [4.78, 5) is 15.8. The number of anilines is 1. The van der Waals surface area contributed by atoms with Crippen molar-refractivity contribution in [1.82, 2.24) is 9.21 Å². The lowest BCUT2D eigenvalue weighted by Crippen LogP contribution is -2.48. The molecule has 0 aliphatic carbocycles. The molecule has 0 spiro atoms. The van der Waals surface area contributed by atoms with Gasteiger partial charge in [0.2, 0.25) is 10.0 Å². The highest BCUT2D eigenvalue weighted by Crippen LogP contribution is 2.30. The van der Waals surface area contributed by atoms with Crippen LogP contribution < -0.4 is 14.2 Å². The molecule has 0 radical (unpaired) electrons. The lowest BCUT2D eigenvalue weighted by Gasteiger charge is -2.35. The van der Waals surface area contributed by atoms with E-state index in [2.05, 4.69) is 4.72 Å². The Morgan fingerprint density at radius 3 is 2.32 bits per heavy atom. The van der Waals surface area contributed by atoms with Crippen molar-refractivity contribution in [2.45, 2.75) is 68.1 Å². The number of halogens is 1. The van der Waals surface area contributed by atoms with Crippen molar-refractivity contribution in [3.63, 3.8) is 0 Å². The fourth-order valence-electron chi connectivity index (χ4n) is 5.56. The first kappa shape index (κ1) is 39.0. The first-order valence-corrected chi connectivity index (χ1v) is 19.3. The number of rotatable bonds is 10. The minimum absolute atomic E-state index is 0.00349. The third-order valence-corrected chi connectivity index (χ3v) is 11.9. The average Bonchev–Trinajstić information content (AvgIpc) is 3.09. The van der Waals surface area contributed by atoms with Crippen LogP contribution in [0.3, 0.4) is 0 Å². The molecule has 4 atom stereocenters. The monoisotopic (exact) mass is 735 g/mol. The topological polar surface area (TPSA) is 152 Å². The molecule has 0 saturated heterocycles. The smallest absolute Gasteiger partial charge is 0.261 e. The zero-order chi connectivity index (χ0) is 36.6. The van der Waals surface area contributed by atoms with E-state index in [0.717, 1.165) is 30.7 Å². The van der Waals surface area contributed by atoms with Crippen LogP contribution in [0.2, 0.25) is 0 Å². The Kier molecular flexibility index (Phi) is 13.2. The average molecular weight is 736 g/mol. The van der Waals surface area contributed by atoms with Gasteiger partial charge in [0.05, 0.1) is 47.3 Å². The van der Waals surface area contributed by atoms with Crippen LogP contribution in [0, 0.1) is 11.7 Å². The maximum absolute atomic E-state index is 14.4. The summed E-state index contributed by atoms with van der Waals surface area (Å²) < 4.78 is 88.0. The molecule has 0 bridgehead atoms. The number of hydrogen-bond acceptors (Lipinski definition) is 9. The van der Waals surface area contributed by atoms with Gasteiger partial charge in [0.25, 0.3) is 15.9 Å². The van der Waals surface area contributed by atoms with E-state index in [1.807, 2.05) is 13.8 Å². The number of nitrogens with one attached hydrogen (secondary N) is 1. The first-order valence-electron chi connectivity index (χ1n) is 16.4. The zero-order valence-electron chi connectivity index (χ0n) is 28.9. The van der Waals surface area contributed by atoms with Crippen LogP contribution in [-0.4, -0.2) is 95.8 Å². The number of hydrogen-bond donors (Lipinski definition) is 2. The van der Waals surface area contributed by atoms with Gasteiger partial charge in [-0.2, -0.15) is 4.31 Å². The summed E-state index contributed by atoms with van der Waals surface area (Å²) in [5, 5.41) is 10.2. The van der Waals surface area contributed by atoms with Gasteiger partial charge in [-0.05, 0) is 99.8 Å². The van der Waals surface area contributed by atoms with E-state index in [0.29, 0.717) is 25.2 Å². The molecule has 1 heterocycles. The molecule has 0 unspecified atom stereocenters. The summed E-state index contributed by atoms with van der Waals surface area (Å²) in [5.41, 5.74) is 0.146.